The van der Waals surface area contributed by atoms with Crippen LogP contribution in [0.25, 0.3) is 0 Å². The van der Waals surface area contributed by atoms with E-state index in [1.54, 1.807) is 0 Å². The van der Waals surface area contributed by atoms with Crippen LogP contribution in [0.4, 0.5) is 0 Å². The Hall–Kier alpha value is -0.970. The maximum absolute atomic E-state index is 5.78. The summed E-state index contributed by atoms with van der Waals surface area (Å²) in [5.41, 5.74) is 2.54. The van der Waals surface area contributed by atoms with Crippen molar-refractivity contribution in [1.29, 1.82) is 0 Å². The summed E-state index contributed by atoms with van der Waals surface area (Å²) in [6.45, 7) is 0. The van der Waals surface area contributed by atoms with Crippen molar-refractivity contribution < 1.29 is 4.74 Å². The van der Waals surface area contributed by atoms with Crippen LogP contribution in [0.5, 0.6) is 11.5 Å². The van der Waals surface area contributed by atoms with Gasteiger partial charge in [0.25, 0.3) is 0 Å². The standard InChI is InChI=1S/C13H10O.CH2S3/c1-3-7-12-10(5-1)9-11-6-2-4-8-13(11)14-12;2-1(3)4/h1-8H,9H2;(H2,2,3,4). The van der Waals surface area contributed by atoms with Gasteiger partial charge in [0.15, 0.2) is 0 Å². The number of thiocarbonyl (C=S) groups is 1. The SMILES string of the molecule is S=C(S)S.c1ccc2c(c1)Cc1ccccc1O2. The maximum atomic E-state index is 5.78. The minimum absolute atomic E-state index is 0.389. The number of fused-ring (bicyclic) bond motifs is 2. The van der Waals surface area contributed by atoms with Gasteiger partial charge in [-0.15, -0.1) is 25.3 Å². The number of benzene rings is 2. The average Bonchev–Trinajstić information content (AvgIpc) is 2.35. The highest BCUT2D eigenvalue weighted by Crippen LogP contribution is 2.35. The number of rotatable bonds is 0. The third-order valence-corrected chi connectivity index (χ3v) is 2.55. The Labute approximate surface area is 123 Å². The Bertz CT molecular complexity index is 475. The highest BCUT2D eigenvalue weighted by molar-refractivity contribution is 8.34. The Balaban J connectivity index is 0.000000267. The number of thiol groups is 2. The van der Waals surface area contributed by atoms with Gasteiger partial charge in [0.2, 0.25) is 0 Å². The van der Waals surface area contributed by atoms with Crippen molar-refractivity contribution in [3.63, 3.8) is 0 Å². The zero-order chi connectivity index (χ0) is 13.0. The van der Waals surface area contributed by atoms with Crippen LogP contribution in [0, 0.1) is 0 Å². The summed E-state index contributed by atoms with van der Waals surface area (Å²) in [5, 5.41) is 0. The van der Waals surface area contributed by atoms with Crippen molar-refractivity contribution in [1.82, 2.24) is 0 Å². The zero-order valence-corrected chi connectivity index (χ0v) is 12.1. The third kappa shape index (κ3) is 3.51. The van der Waals surface area contributed by atoms with Crippen molar-refractivity contribution >= 4 is 41.0 Å². The molecule has 0 bridgehead atoms. The molecule has 0 aromatic heterocycles. The van der Waals surface area contributed by atoms with Crippen molar-refractivity contribution in [2.75, 3.05) is 0 Å². The van der Waals surface area contributed by atoms with Crippen LogP contribution < -0.4 is 4.74 Å². The fourth-order valence-electron chi connectivity index (χ4n) is 1.82. The van der Waals surface area contributed by atoms with Crippen LogP contribution in [0.3, 0.4) is 0 Å². The summed E-state index contributed by atoms with van der Waals surface area (Å²) in [7, 11) is 0. The first-order chi connectivity index (χ1) is 8.66. The molecule has 1 heterocycles. The first-order valence-electron chi connectivity index (χ1n) is 5.42. The predicted molar refractivity (Wildman–Crippen MR) is 86.3 cm³/mol. The average molecular weight is 292 g/mol. The molecule has 18 heavy (non-hydrogen) atoms. The van der Waals surface area contributed by atoms with Crippen molar-refractivity contribution in [2.24, 2.45) is 0 Å². The Kier molecular flexibility index (Phi) is 4.69. The topological polar surface area (TPSA) is 9.23 Å². The van der Waals surface area contributed by atoms with Crippen LogP contribution in [0.1, 0.15) is 11.1 Å². The van der Waals surface area contributed by atoms with Crippen molar-refractivity contribution in [3.8, 4) is 11.5 Å². The van der Waals surface area contributed by atoms with Gasteiger partial charge < -0.3 is 4.74 Å². The molecule has 1 nitrogen and oxygen atoms in total. The summed E-state index contributed by atoms with van der Waals surface area (Å²) in [5.74, 6) is 1.98. The van der Waals surface area contributed by atoms with Gasteiger partial charge in [0, 0.05) is 6.42 Å². The molecule has 2 aromatic rings. The Morgan fingerprint density at radius 3 is 1.72 bits per heavy atom. The molecule has 0 unspecified atom stereocenters. The van der Waals surface area contributed by atoms with Gasteiger partial charge in [-0.3, -0.25) is 0 Å². The van der Waals surface area contributed by atoms with Crippen LogP contribution in [0.15, 0.2) is 48.5 Å². The lowest BCUT2D eigenvalue weighted by molar-refractivity contribution is 0.460. The molecule has 0 saturated carbocycles. The van der Waals surface area contributed by atoms with Crippen LogP contribution in [0.2, 0.25) is 0 Å². The summed E-state index contributed by atoms with van der Waals surface area (Å²) in [4.78, 5) is 0. The predicted octanol–water partition coefficient (Wildman–Crippen LogP) is 4.51. The van der Waals surface area contributed by atoms with Gasteiger partial charge in [0.05, 0.1) is 3.53 Å². The second-order valence-corrected chi connectivity index (χ2v) is 6.04. The largest absolute Gasteiger partial charge is 0.457 e. The van der Waals surface area contributed by atoms with E-state index in [1.807, 2.05) is 24.3 Å². The van der Waals surface area contributed by atoms with Crippen molar-refractivity contribution in [2.45, 2.75) is 6.42 Å². The van der Waals surface area contributed by atoms with E-state index in [9.17, 15) is 0 Å². The second kappa shape index (κ2) is 6.27. The van der Waals surface area contributed by atoms with E-state index in [0.29, 0.717) is 3.53 Å². The minimum atomic E-state index is 0.389. The van der Waals surface area contributed by atoms with E-state index in [1.165, 1.54) is 11.1 Å². The molecule has 0 fully saturated rings. The molecule has 0 radical (unpaired) electrons. The Morgan fingerprint density at radius 2 is 1.28 bits per heavy atom. The summed E-state index contributed by atoms with van der Waals surface area (Å²) >= 11 is 11.4. The number of para-hydroxylation sites is 2. The molecule has 0 aliphatic carbocycles. The molecule has 1 aliphatic rings. The highest BCUT2D eigenvalue weighted by atomic mass is 32.2. The van der Waals surface area contributed by atoms with Crippen LogP contribution in [-0.2, 0) is 6.42 Å². The molecule has 4 heteroatoms. The lowest BCUT2D eigenvalue weighted by Gasteiger charge is -2.19. The van der Waals surface area contributed by atoms with E-state index in [-0.39, 0.29) is 0 Å². The van der Waals surface area contributed by atoms with Gasteiger partial charge in [0.1, 0.15) is 11.5 Å². The smallest absolute Gasteiger partial charge is 0.130 e. The van der Waals surface area contributed by atoms with Crippen LogP contribution >= 0.6 is 37.5 Å². The molecule has 1 aliphatic heterocycles. The van der Waals surface area contributed by atoms with Crippen LogP contribution in [-0.4, -0.2) is 3.53 Å². The molecule has 0 N–H and O–H groups in total. The summed E-state index contributed by atoms with van der Waals surface area (Å²) < 4.78 is 6.17. The fourth-order valence-corrected chi connectivity index (χ4v) is 1.82. The zero-order valence-electron chi connectivity index (χ0n) is 9.54. The molecule has 92 valence electrons. The Morgan fingerprint density at radius 1 is 0.889 bits per heavy atom. The molecule has 0 saturated heterocycles. The first kappa shape index (κ1) is 13.5. The second-order valence-electron chi connectivity index (χ2n) is 3.78. The van der Waals surface area contributed by atoms with Gasteiger partial charge in [-0.05, 0) is 23.3 Å². The third-order valence-electron chi connectivity index (χ3n) is 2.55. The van der Waals surface area contributed by atoms with E-state index in [4.69, 9.17) is 4.74 Å². The molecular formula is C14H12OS3. The summed E-state index contributed by atoms with van der Waals surface area (Å²) in [6.07, 6.45) is 0.979. The molecular weight excluding hydrogens is 280 g/mol. The number of hydrogen-bond acceptors (Lipinski definition) is 2. The normalized spacial score (nSPS) is 11.2. The minimum Gasteiger partial charge on any atom is -0.457 e. The highest BCUT2D eigenvalue weighted by Gasteiger charge is 2.14. The van der Waals surface area contributed by atoms with Gasteiger partial charge in [-0.2, -0.15) is 0 Å². The molecule has 2 aromatic carbocycles. The van der Waals surface area contributed by atoms with Gasteiger partial charge in [-0.25, -0.2) is 0 Å². The molecule has 0 amide bonds. The van der Waals surface area contributed by atoms with Gasteiger partial charge in [-0.1, -0.05) is 48.6 Å². The summed E-state index contributed by atoms with van der Waals surface area (Å²) in [6, 6.07) is 16.4. The van der Waals surface area contributed by atoms with E-state index in [0.717, 1.165) is 17.9 Å². The maximum Gasteiger partial charge on any atom is 0.130 e. The fraction of sp³-hybridized carbons (Fsp3) is 0.0714. The molecule has 0 atom stereocenters. The molecule has 0 spiro atoms. The lowest BCUT2D eigenvalue weighted by Crippen LogP contribution is -2.01. The van der Waals surface area contributed by atoms with E-state index in [2.05, 4.69) is 61.7 Å². The quantitative estimate of drug-likeness (QED) is 0.466. The number of hydrogen-bond donors (Lipinski definition) is 2. The van der Waals surface area contributed by atoms with E-state index < -0.39 is 0 Å². The lowest BCUT2D eigenvalue weighted by atomic mass is 10.0. The monoisotopic (exact) mass is 292 g/mol. The van der Waals surface area contributed by atoms with Gasteiger partial charge >= 0.3 is 0 Å². The first-order valence-corrected chi connectivity index (χ1v) is 6.72. The number of ether oxygens (including phenoxy) is 1. The van der Waals surface area contributed by atoms with Crippen molar-refractivity contribution in [3.05, 3.63) is 59.7 Å². The van der Waals surface area contributed by atoms with E-state index >= 15 is 0 Å². The molecule has 3 rings (SSSR count).